The first-order chi connectivity index (χ1) is 15.5. The largest absolute Gasteiger partial charge is 0.378 e. The van der Waals surface area contributed by atoms with E-state index >= 15 is 0 Å². The Morgan fingerprint density at radius 1 is 0.906 bits per heavy atom. The molecule has 0 spiro atoms. The molecule has 1 heterocycles. The highest BCUT2D eigenvalue weighted by molar-refractivity contribution is 5.99. The molecule has 0 atom stereocenters. The van der Waals surface area contributed by atoms with Crippen molar-refractivity contribution >= 4 is 28.9 Å². The van der Waals surface area contributed by atoms with Gasteiger partial charge in [-0.3, -0.25) is 9.59 Å². The third-order valence-electron chi connectivity index (χ3n) is 5.77. The van der Waals surface area contributed by atoms with Crippen molar-refractivity contribution in [3.05, 3.63) is 54.1 Å². The zero-order valence-corrected chi connectivity index (χ0v) is 19.3. The lowest BCUT2D eigenvalue weighted by Crippen LogP contribution is -2.38. The van der Waals surface area contributed by atoms with Crippen LogP contribution in [-0.2, 0) is 9.53 Å². The summed E-state index contributed by atoms with van der Waals surface area (Å²) in [5.74, 6) is -0.351. The van der Waals surface area contributed by atoms with Gasteiger partial charge in [-0.15, -0.1) is 0 Å². The maximum absolute atomic E-state index is 12.9. The minimum absolute atomic E-state index is 0.0122. The molecule has 1 aliphatic rings. The van der Waals surface area contributed by atoms with E-state index < -0.39 is 0 Å². The Morgan fingerprint density at radius 2 is 1.53 bits per heavy atom. The standard InChI is InChI=1S/C25H34N4O3/c1-4-27(5-2)22-11-7-20(8-12-22)25(31)28(6-3)19-24(30)26-21-9-13-23(14-10-21)29-15-17-32-18-16-29/h7-14H,4-6,15-19H2,1-3H3,(H,26,30). The van der Waals surface area contributed by atoms with E-state index in [4.69, 9.17) is 4.74 Å². The van der Waals surface area contributed by atoms with Gasteiger partial charge in [-0.05, 0) is 69.3 Å². The van der Waals surface area contributed by atoms with Crippen molar-refractivity contribution < 1.29 is 14.3 Å². The molecule has 32 heavy (non-hydrogen) atoms. The van der Waals surface area contributed by atoms with E-state index in [1.807, 2.05) is 55.5 Å². The zero-order chi connectivity index (χ0) is 22.9. The van der Waals surface area contributed by atoms with E-state index in [0.717, 1.165) is 56.5 Å². The first kappa shape index (κ1) is 23.6. The number of benzene rings is 2. The normalized spacial score (nSPS) is 13.5. The third kappa shape index (κ3) is 6.01. The van der Waals surface area contributed by atoms with E-state index in [2.05, 4.69) is 29.0 Å². The molecule has 1 fully saturated rings. The SMILES string of the molecule is CCN(CC(=O)Nc1ccc(N2CCOCC2)cc1)C(=O)c1ccc(N(CC)CC)cc1. The molecule has 0 bridgehead atoms. The first-order valence-corrected chi connectivity index (χ1v) is 11.4. The van der Waals surface area contributed by atoms with Gasteiger partial charge in [0.05, 0.1) is 13.2 Å². The summed E-state index contributed by atoms with van der Waals surface area (Å²) in [7, 11) is 0. The lowest BCUT2D eigenvalue weighted by Gasteiger charge is -2.29. The Hall–Kier alpha value is -3.06. The number of carbonyl (C=O) groups is 2. The Labute approximate surface area is 190 Å². The van der Waals surface area contributed by atoms with Crippen LogP contribution in [0.4, 0.5) is 17.1 Å². The van der Waals surface area contributed by atoms with E-state index in [0.29, 0.717) is 12.1 Å². The summed E-state index contributed by atoms with van der Waals surface area (Å²) in [5.41, 5.74) is 3.52. The molecular formula is C25H34N4O3. The number of rotatable bonds is 9. The maximum Gasteiger partial charge on any atom is 0.254 e. The van der Waals surface area contributed by atoms with Crippen molar-refractivity contribution in [2.75, 3.05) is 67.6 Å². The fraction of sp³-hybridized carbons (Fsp3) is 0.440. The second kappa shape index (κ2) is 11.5. The number of hydrogen-bond acceptors (Lipinski definition) is 5. The van der Waals surface area contributed by atoms with Crippen molar-refractivity contribution in [2.45, 2.75) is 20.8 Å². The number of carbonyl (C=O) groups excluding carboxylic acids is 2. The molecule has 0 aliphatic carbocycles. The van der Waals surface area contributed by atoms with Crippen molar-refractivity contribution in [3.63, 3.8) is 0 Å². The predicted molar refractivity (Wildman–Crippen MR) is 130 cm³/mol. The number of anilines is 3. The van der Waals surface area contributed by atoms with Crippen LogP contribution in [0, 0.1) is 0 Å². The Bertz CT molecular complexity index is 873. The topological polar surface area (TPSA) is 65.1 Å². The fourth-order valence-corrected chi connectivity index (χ4v) is 3.86. The fourth-order valence-electron chi connectivity index (χ4n) is 3.86. The summed E-state index contributed by atoms with van der Waals surface area (Å²) < 4.78 is 5.39. The van der Waals surface area contributed by atoms with Crippen LogP contribution in [0.15, 0.2) is 48.5 Å². The number of ether oxygens (including phenoxy) is 1. The van der Waals surface area contributed by atoms with Crippen molar-refractivity contribution in [1.82, 2.24) is 4.90 Å². The van der Waals surface area contributed by atoms with Crippen LogP contribution < -0.4 is 15.1 Å². The van der Waals surface area contributed by atoms with E-state index in [9.17, 15) is 9.59 Å². The molecule has 7 heteroatoms. The summed E-state index contributed by atoms with van der Waals surface area (Å²) in [6.45, 7) is 11.6. The van der Waals surface area contributed by atoms with Crippen LogP contribution in [0.3, 0.4) is 0 Å². The number of likely N-dealkylation sites (N-methyl/N-ethyl adjacent to an activating group) is 1. The summed E-state index contributed by atoms with van der Waals surface area (Å²) >= 11 is 0. The van der Waals surface area contributed by atoms with Gasteiger partial charge in [-0.2, -0.15) is 0 Å². The molecule has 172 valence electrons. The van der Waals surface area contributed by atoms with E-state index in [1.54, 1.807) is 4.90 Å². The van der Waals surface area contributed by atoms with Gasteiger partial charge >= 0.3 is 0 Å². The molecule has 2 amide bonds. The van der Waals surface area contributed by atoms with Crippen molar-refractivity contribution in [3.8, 4) is 0 Å². The van der Waals surface area contributed by atoms with Gasteiger partial charge < -0.3 is 24.8 Å². The summed E-state index contributed by atoms with van der Waals surface area (Å²) in [4.78, 5) is 31.6. The van der Waals surface area contributed by atoms with E-state index in [1.165, 1.54) is 0 Å². The van der Waals surface area contributed by atoms with Crippen LogP contribution in [0.1, 0.15) is 31.1 Å². The summed E-state index contributed by atoms with van der Waals surface area (Å²) in [6.07, 6.45) is 0. The molecule has 0 unspecified atom stereocenters. The van der Waals surface area contributed by atoms with Crippen LogP contribution in [0.5, 0.6) is 0 Å². The van der Waals surface area contributed by atoms with Gasteiger partial charge in [0, 0.05) is 55.3 Å². The van der Waals surface area contributed by atoms with Crippen LogP contribution >= 0.6 is 0 Å². The lowest BCUT2D eigenvalue weighted by molar-refractivity contribution is -0.116. The second-order valence-electron chi connectivity index (χ2n) is 7.73. The minimum Gasteiger partial charge on any atom is -0.378 e. The smallest absolute Gasteiger partial charge is 0.254 e. The van der Waals surface area contributed by atoms with E-state index in [-0.39, 0.29) is 18.4 Å². The van der Waals surface area contributed by atoms with Crippen LogP contribution in [0.2, 0.25) is 0 Å². The quantitative estimate of drug-likeness (QED) is 0.650. The molecule has 7 nitrogen and oxygen atoms in total. The Kier molecular flexibility index (Phi) is 8.50. The van der Waals surface area contributed by atoms with Gasteiger partial charge in [0.1, 0.15) is 6.54 Å². The van der Waals surface area contributed by atoms with Gasteiger partial charge in [0.25, 0.3) is 5.91 Å². The minimum atomic E-state index is -0.209. The summed E-state index contributed by atoms with van der Waals surface area (Å²) in [6, 6.07) is 15.4. The molecule has 3 rings (SSSR count). The summed E-state index contributed by atoms with van der Waals surface area (Å²) in [5, 5.41) is 2.90. The molecule has 0 saturated carbocycles. The lowest BCUT2D eigenvalue weighted by atomic mass is 10.1. The van der Waals surface area contributed by atoms with Gasteiger partial charge in [0.15, 0.2) is 0 Å². The van der Waals surface area contributed by atoms with Gasteiger partial charge in [0.2, 0.25) is 5.91 Å². The number of hydrogen-bond donors (Lipinski definition) is 1. The highest BCUT2D eigenvalue weighted by Gasteiger charge is 2.18. The maximum atomic E-state index is 12.9. The zero-order valence-electron chi connectivity index (χ0n) is 19.3. The monoisotopic (exact) mass is 438 g/mol. The molecule has 1 N–H and O–H groups in total. The van der Waals surface area contributed by atoms with Gasteiger partial charge in [-0.25, -0.2) is 0 Å². The second-order valence-corrected chi connectivity index (χ2v) is 7.73. The Balaban J connectivity index is 1.57. The number of amides is 2. The first-order valence-electron chi connectivity index (χ1n) is 11.4. The molecule has 1 aliphatic heterocycles. The highest BCUT2D eigenvalue weighted by Crippen LogP contribution is 2.19. The van der Waals surface area contributed by atoms with Crippen LogP contribution in [0.25, 0.3) is 0 Å². The van der Waals surface area contributed by atoms with Gasteiger partial charge in [-0.1, -0.05) is 0 Å². The number of nitrogens with one attached hydrogen (secondary N) is 1. The average Bonchev–Trinajstić information content (AvgIpc) is 2.84. The molecule has 2 aromatic rings. The Morgan fingerprint density at radius 3 is 2.09 bits per heavy atom. The highest BCUT2D eigenvalue weighted by atomic mass is 16.5. The molecule has 0 radical (unpaired) electrons. The average molecular weight is 439 g/mol. The number of nitrogens with zero attached hydrogens (tertiary/aromatic N) is 3. The van der Waals surface area contributed by atoms with Crippen molar-refractivity contribution in [2.24, 2.45) is 0 Å². The van der Waals surface area contributed by atoms with Crippen molar-refractivity contribution in [1.29, 1.82) is 0 Å². The van der Waals surface area contributed by atoms with Crippen LogP contribution in [-0.4, -0.2) is 69.2 Å². The third-order valence-corrected chi connectivity index (χ3v) is 5.77. The molecule has 1 saturated heterocycles. The molecular weight excluding hydrogens is 404 g/mol. The number of morpholine rings is 1. The predicted octanol–water partition coefficient (Wildman–Crippen LogP) is 3.47. The molecule has 2 aromatic carbocycles. The molecule has 0 aromatic heterocycles.